The van der Waals surface area contributed by atoms with Crippen molar-refractivity contribution in [2.24, 2.45) is 0 Å². The van der Waals surface area contributed by atoms with Crippen molar-refractivity contribution in [1.29, 1.82) is 0 Å². The molecule has 2 rings (SSSR count). The Morgan fingerprint density at radius 3 is 2.82 bits per heavy atom. The minimum absolute atomic E-state index is 0.261. The van der Waals surface area contributed by atoms with Gasteiger partial charge in [-0.1, -0.05) is 0 Å². The molecule has 5 nitrogen and oxygen atoms in total. The Morgan fingerprint density at radius 1 is 1.41 bits per heavy atom. The Hall–Kier alpha value is -0.610. The lowest BCUT2D eigenvalue weighted by Crippen LogP contribution is -2.37. The van der Waals surface area contributed by atoms with E-state index in [1.807, 2.05) is 11.0 Å². The van der Waals surface area contributed by atoms with Gasteiger partial charge in [-0.05, 0) is 12.1 Å². The third kappa shape index (κ3) is 4.28. The van der Waals surface area contributed by atoms with E-state index >= 15 is 0 Å². The first-order valence-electron chi connectivity index (χ1n) is 5.79. The van der Waals surface area contributed by atoms with Gasteiger partial charge in [0, 0.05) is 25.7 Å². The maximum Gasteiger partial charge on any atom is 0.214 e. The van der Waals surface area contributed by atoms with Crippen molar-refractivity contribution >= 4 is 7.37 Å². The molecule has 1 aliphatic rings. The van der Waals surface area contributed by atoms with Gasteiger partial charge in [-0.3, -0.25) is 9.46 Å². The summed E-state index contributed by atoms with van der Waals surface area (Å²) in [5.74, 6) is 0.765. The molecule has 96 valence electrons. The fourth-order valence-corrected chi connectivity index (χ4v) is 3.48. The van der Waals surface area contributed by atoms with Crippen LogP contribution in [-0.2, 0) is 15.7 Å². The van der Waals surface area contributed by atoms with Crippen LogP contribution in [0.1, 0.15) is 5.76 Å². The van der Waals surface area contributed by atoms with Crippen LogP contribution in [0.2, 0.25) is 0 Å². The summed E-state index contributed by atoms with van der Waals surface area (Å²) in [6.07, 6.45) is 2.64. The normalized spacial score (nSPS) is 21.2. The minimum Gasteiger partial charge on any atom is -0.469 e. The van der Waals surface area contributed by atoms with Crippen molar-refractivity contribution in [1.82, 2.24) is 4.90 Å². The average Bonchev–Trinajstić information content (AvgIpc) is 2.80. The standard InChI is InChI=1S/C11H18NO4P/c13-17(14,9-3-11-2-1-6-16-11)10-12-4-7-15-8-5-12/h1-2,6H,3-5,7-10H2,(H,13,14). The summed E-state index contributed by atoms with van der Waals surface area (Å²) in [5.41, 5.74) is 0. The van der Waals surface area contributed by atoms with E-state index in [2.05, 4.69) is 0 Å². The molecule has 1 N–H and O–H groups in total. The monoisotopic (exact) mass is 259 g/mol. The van der Waals surface area contributed by atoms with Crippen LogP contribution in [0.25, 0.3) is 0 Å². The zero-order valence-electron chi connectivity index (χ0n) is 9.75. The molecule has 1 atom stereocenters. The molecule has 1 unspecified atom stereocenters. The molecule has 1 aliphatic heterocycles. The van der Waals surface area contributed by atoms with E-state index in [-0.39, 0.29) is 12.4 Å². The summed E-state index contributed by atoms with van der Waals surface area (Å²) >= 11 is 0. The third-order valence-electron chi connectivity index (χ3n) is 2.81. The zero-order chi connectivity index (χ0) is 12.1. The fourth-order valence-electron chi connectivity index (χ4n) is 1.87. The highest BCUT2D eigenvalue weighted by Gasteiger charge is 2.23. The fraction of sp³-hybridized carbons (Fsp3) is 0.636. The third-order valence-corrected chi connectivity index (χ3v) is 4.58. The van der Waals surface area contributed by atoms with Crippen LogP contribution >= 0.6 is 7.37 Å². The quantitative estimate of drug-likeness (QED) is 0.809. The smallest absolute Gasteiger partial charge is 0.214 e. The van der Waals surface area contributed by atoms with E-state index in [1.165, 1.54) is 0 Å². The van der Waals surface area contributed by atoms with Gasteiger partial charge in [0.1, 0.15) is 5.76 Å². The molecule has 0 spiro atoms. The number of hydrogen-bond donors (Lipinski definition) is 1. The second kappa shape index (κ2) is 5.83. The minimum atomic E-state index is -3.09. The second-order valence-corrected chi connectivity index (χ2v) is 6.69. The van der Waals surface area contributed by atoms with Crippen LogP contribution in [0.5, 0.6) is 0 Å². The SMILES string of the molecule is O=P(O)(CCc1ccco1)CN1CCOCC1. The van der Waals surface area contributed by atoms with Gasteiger partial charge >= 0.3 is 0 Å². The largest absolute Gasteiger partial charge is 0.469 e. The Morgan fingerprint density at radius 2 is 2.18 bits per heavy atom. The van der Waals surface area contributed by atoms with E-state index in [1.54, 1.807) is 12.3 Å². The van der Waals surface area contributed by atoms with Crippen molar-refractivity contribution in [2.45, 2.75) is 6.42 Å². The molecule has 2 heterocycles. The topological polar surface area (TPSA) is 62.9 Å². The Kier molecular flexibility index (Phi) is 4.40. The van der Waals surface area contributed by atoms with E-state index in [0.717, 1.165) is 18.8 Å². The molecule has 0 radical (unpaired) electrons. The molecular weight excluding hydrogens is 241 g/mol. The summed E-state index contributed by atoms with van der Waals surface area (Å²) in [5, 5.41) is 0. The molecule has 0 aliphatic carbocycles. The first-order valence-corrected chi connectivity index (χ1v) is 7.82. The molecule has 1 aromatic heterocycles. The van der Waals surface area contributed by atoms with Crippen LogP contribution in [-0.4, -0.2) is 48.5 Å². The average molecular weight is 259 g/mol. The summed E-state index contributed by atoms with van der Waals surface area (Å²) in [6.45, 7) is 2.78. The zero-order valence-corrected chi connectivity index (χ0v) is 10.6. The second-order valence-electron chi connectivity index (χ2n) is 4.27. The van der Waals surface area contributed by atoms with E-state index in [0.29, 0.717) is 19.6 Å². The van der Waals surface area contributed by atoms with Crippen molar-refractivity contribution in [3.05, 3.63) is 24.2 Å². The highest BCUT2D eigenvalue weighted by atomic mass is 31.2. The maximum atomic E-state index is 12.0. The van der Waals surface area contributed by atoms with Crippen LogP contribution < -0.4 is 0 Å². The number of ether oxygens (including phenoxy) is 1. The molecule has 17 heavy (non-hydrogen) atoms. The molecule has 0 saturated carbocycles. The number of hydrogen-bond acceptors (Lipinski definition) is 4. The summed E-state index contributed by atoms with van der Waals surface area (Å²) in [7, 11) is -3.09. The molecule has 1 aromatic rings. The summed E-state index contributed by atoms with van der Waals surface area (Å²) in [6, 6.07) is 3.62. The van der Waals surface area contributed by atoms with Crippen LogP contribution in [0, 0.1) is 0 Å². The van der Waals surface area contributed by atoms with Crippen molar-refractivity contribution in [2.75, 3.05) is 38.8 Å². The van der Waals surface area contributed by atoms with Gasteiger partial charge in [0.15, 0.2) is 0 Å². The number of nitrogens with zero attached hydrogens (tertiary/aromatic N) is 1. The van der Waals surface area contributed by atoms with Crippen LogP contribution in [0.4, 0.5) is 0 Å². The van der Waals surface area contributed by atoms with E-state index < -0.39 is 7.37 Å². The number of rotatable bonds is 5. The number of morpholine rings is 1. The van der Waals surface area contributed by atoms with Gasteiger partial charge in [-0.2, -0.15) is 0 Å². The van der Waals surface area contributed by atoms with Gasteiger partial charge in [0.05, 0.1) is 25.8 Å². The molecular formula is C11H18NO4P. The van der Waals surface area contributed by atoms with Gasteiger partial charge in [0.2, 0.25) is 7.37 Å². The molecule has 0 bridgehead atoms. The van der Waals surface area contributed by atoms with Gasteiger partial charge in [0.25, 0.3) is 0 Å². The maximum absolute atomic E-state index is 12.0. The Labute approximate surface area is 101 Å². The Bertz CT molecular complexity index is 373. The van der Waals surface area contributed by atoms with E-state index in [4.69, 9.17) is 9.15 Å². The van der Waals surface area contributed by atoms with Crippen LogP contribution in [0.15, 0.2) is 22.8 Å². The summed E-state index contributed by atoms with van der Waals surface area (Å²) < 4.78 is 22.4. The lowest BCUT2D eigenvalue weighted by Gasteiger charge is -2.28. The van der Waals surface area contributed by atoms with E-state index in [9.17, 15) is 9.46 Å². The number of aryl methyl sites for hydroxylation is 1. The molecule has 0 amide bonds. The van der Waals surface area contributed by atoms with Crippen molar-refractivity contribution < 1.29 is 18.6 Å². The van der Waals surface area contributed by atoms with Gasteiger partial charge in [-0.15, -0.1) is 0 Å². The molecule has 0 aromatic carbocycles. The van der Waals surface area contributed by atoms with Crippen molar-refractivity contribution in [3.8, 4) is 0 Å². The van der Waals surface area contributed by atoms with Gasteiger partial charge < -0.3 is 14.0 Å². The lowest BCUT2D eigenvalue weighted by atomic mass is 10.4. The predicted molar refractivity (Wildman–Crippen MR) is 64.4 cm³/mol. The van der Waals surface area contributed by atoms with Crippen molar-refractivity contribution in [3.63, 3.8) is 0 Å². The first kappa shape index (κ1) is 12.8. The number of furan rings is 1. The summed E-state index contributed by atoms with van der Waals surface area (Å²) in [4.78, 5) is 11.9. The first-order chi connectivity index (χ1) is 8.16. The molecule has 1 fully saturated rings. The molecule has 1 saturated heterocycles. The van der Waals surface area contributed by atoms with Gasteiger partial charge in [-0.25, -0.2) is 0 Å². The molecule has 6 heteroatoms. The lowest BCUT2D eigenvalue weighted by molar-refractivity contribution is 0.0453. The highest BCUT2D eigenvalue weighted by molar-refractivity contribution is 7.57. The van der Waals surface area contributed by atoms with Crippen LogP contribution in [0.3, 0.4) is 0 Å². The Balaban J connectivity index is 1.79. The predicted octanol–water partition coefficient (Wildman–Crippen LogP) is 1.38. The highest BCUT2D eigenvalue weighted by Crippen LogP contribution is 2.41.